The van der Waals surface area contributed by atoms with Crippen molar-refractivity contribution in [2.45, 2.75) is 19.8 Å². The van der Waals surface area contributed by atoms with Crippen molar-refractivity contribution in [2.75, 3.05) is 36.5 Å². The number of nitrogens with zero attached hydrogens (tertiary/aromatic N) is 2. The molecule has 0 bridgehead atoms. The van der Waals surface area contributed by atoms with Crippen molar-refractivity contribution in [1.29, 1.82) is 0 Å². The third kappa shape index (κ3) is 3.00. The SMILES string of the molecule is C[C@@H]1CCCN(C(=O)Nc2ccccc2N2CCOC2=O)C1. The molecule has 2 saturated heterocycles. The molecule has 118 valence electrons. The smallest absolute Gasteiger partial charge is 0.414 e. The molecule has 2 aliphatic rings. The number of hydrogen-bond acceptors (Lipinski definition) is 3. The maximum atomic E-state index is 12.4. The second-order valence-corrected chi connectivity index (χ2v) is 5.91. The third-order valence-corrected chi connectivity index (χ3v) is 4.14. The first-order chi connectivity index (χ1) is 10.6. The van der Waals surface area contributed by atoms with Crippen LogP contribution in [0, 0.1) is 5.92 Å². The molecule has 0 radical (unpaired) electrons. The fourth-order valence-electron chi connectivity index (χ4n) is 3.00. The number of rotatable bonds is 2. The van der Waals surface area contributed by atoms with E-state index in [0.717, 1.165) is 19.5 Å². The predicted octanol–water partition coefficient (Wildman–Crippen LogP) is 2.91. The van der Waals surface area contributed by atoms with Crippen molar-refractivity contribution >= 4 is 23.5 Å². The van der Waals surface area contributed by atoms with Gasteiger partial charge in [-0.15, -0.1) is 0 Å². The first kappa shape index (κ1) is 14.7. The van der Waals surface area contributed by atoms with Gasteiger partial charge in [0.25, 0.3) is 0 Å². The summed E-state index contributed by atoms with van der Waals surface area (Å²) in [7, 11) is 0. The van der Waals surface area contributed by atoms with Crippen molar-refractivity contribution < 1.29 is 14.3 Å². The van der Waals surface area contributed by atoms with Gasteiger partial charge in [-0.2, -0.15) is 0 Å². The van der Waals surface area contributed by atoms with Crippen LogP contribution in [0.5, 0.6) is 0 Å². The fourth-order valence-corrected chi connectivity index (χ4v) is 3.00. The fraction of sp³-hybridized carbons (Fsp3) is 0.500. The number of cyclic esters (lactones) is 1. The largest absolute Gasteiger partial charge is 0.447 e. The van der Waals surface area contributed by atoms with Crippen LogP contribution in [0.1, 0.15) is 19.8 Å². The van der Waals surface area contributed by atoms with Gasteiger partial charge in [0.15, 0.2) is 0 Å². The summed E-state index contributed by atoms with van der Waals surface area (Å²) < 4.78 is 4.97. The number of likely N-dealkylation sites (tertiary alicyclic amines) is 1. The molecule has 0 aliphatic carbocycles. The molecule has 0 unspecified atom stereocenters. The highest BCUT2D eigenvalue weighted by Gasteiger charge is 2.27. The minimum atomic E-state index is -0.367. The van der Waals surface area contributed by atoms with E-state index in [9.17, 15) is 9.59 Å². The molecule has 6 heteroatoms. The number of carbonyl (C=O) groups is 2. The Morgan fingerprint density at radius 1 is 1.32 bits per heavy atom. The molecule has 1 N–H and O–H groups in total. The summed E-state index contributed by atoms with van der Waals surface area (Å²) in [5.41, 5.74) is 1.33. The molecular weight excluding hydrogens is 282 g/mol. The molecule has 2 fully saturated rings. The average Bonchev–Trinajstić information content (AvgIpc) is 2.94. The van der Waals surface area contributed by atoms with Crippen LogP contribution >= 0.6 is 0 Å². The van der Waals surface area contributed by atoms with E-state index in [1.807, 2.05) is 29.2 Å². The van der Waals surface area contributed by atoms with Gasteiger partial charge in [0, 0.05) is 13.1 Å². The molecule has 1 aromatic rings. The Morgan fingerprint density at radius 2 is 2.14 bits per heavy atom. The van der Waals surface area contributed by atoms with Crippen LogP contribution in [0.15, 0.2) is 24.3 Å². The summed E-state index contributed by atoms with van der Waals surface area (Å²) >= 11 is 0. The zero-order valence-corrected chi connectivity index (χ0v) is 12.7. The number of piperidine rings is 1. The van der Waals surface area contributed by atoms with Crippen molar-refractivity contribution in [3.8, 4) is 0 Å². The highest BCUT2D eigenvalue weighted by molar-refractivity contribution is 5.99. The third-order valence-electron chi connectivity index (χ3n) is 4.14. The van der Waals surface area contributed by atoms with Crippen LogP contribution in [-0.4, -0.2) is 43.3 Å². The molecule has 22 heavy (non-hydrogen) atoms. The average molecular weight is 303 g/mol. The maximum absolute atomic E-state index is 12.4. The molecule has 3 amide bonds. The lowest BCUT2D eigenvalue weighted by Gasteiger charge is -2.31. The molecule has 1 aromatic carbocycles. The highest BCUT2D eigenvalue weighted by Crippen LogP contribution is 2.28. The van der Waals surface area contributed by atoms with Crippen LogP contribution in [0.4, 0.5) is 21.0 Å². The van der Waals surface area contributed by atoms with E-state index in [4.69, 9.17) is 4.74 Å². The van der Waals surface area contributed by atoms with Gasteiger partial charge in [-0.3, -0.25) is 4.90 Å². The number of carbonyl (C=O) groups excluding carboxylic acids is 2. The number of ether oxygens (including phenoxy) is 1. The van der Waals surface area contributed by atoms with Gasteiger partial charge in [-0.1, -0.05) is 19.1 Å². The Kier molecular flexibility index (Phi) is 4.18. The standard InChI is InChI=1S/C16H21N3O3/c1-12-5-4-8-18(11-12)15(20)17-13-6-2-3-7-14(13)19-9-10-22-16(19)21/h2-3,6-7,12H,4-5,8-11H2,1H3,(H,17,20)/t12-/m1/s1. The van der Waals surface area contributed by atoms with E-state index >= 15 is 0 Å². The molecule has 0 saturated carbocycles. The Labute approximate surface area is 130 Å². The summed E-state index contributed by atoms with van der Waals surface area (Å²) in [5.74, 6) is 0.531. The number of anilines is 2. The summed E-state index contributed by atoms with van der Waals surface area (Å²) in [6.45, 7) is 4.61. The summed E-state index contributed by atoms with van der Waals surface area (Å²) in [6.07, 6.45) is 1.84. The molecule has 0 aromatic heterocycles. The minimum absolute atomic E-state index is 0.105. The molecule has 0 spiro atoms. The van der Waals surface area contributed by atoms with Gasteiger partial charge in [0.2, 0.25) is 0 Å². The van der Waals surface area contributed by atoms with Crippen molar-refractivity contribution in [2.24, 2.45) is 5.92 Å². The van der Waals surface area contributed by atoms with Crippen LogP contribution in [0.2, 0.25) is 0 Å². The lowest BCUT2D eigenvalue weighted by molar-refractivity contribution is 0.180. The number of hydrogen-bond donors (Lipinski definition) is 1. The number of para-hydroxylation sites is 2. The zero-order valence-electron chi connectivity index (χ0n) is 12.7. The second-order valence-electron chi connectivity index (χ2n) is 5.91. The van der Waals surface area contributed by atoms with Crippen molar-refractivity contribution in [3.63, 3.8) is 0 Å². The van der Waals surface area contributed by atoms with E-state index in [-0.39, 0.29) is 12.1 Å². The van der Waals surface area contributed by atoms with E-state index in [2.05, 4.69) is 12.2 Å². The molecule has 2 heterocycles. The summed E-state index contributed by atoms with van der Waals surface area (Å²) in [6, 6.07) is 7.22. The van der Waals surface area contributed by atoms with Crippen molar-refractivity contribution in [3.05, 3.63) is 24.3 Å². The minimum Gasteiger partial charge on any atom is -0.447 e. The first-order valence-corrected chi connectivity index (χ1v) is 7.74. The number of urea groups is 1. The van der Waals surface area contributed by atoms with E-state index < -0.39 is 0 Å². The normalized spacial score (nSPS) is 21.7. The predicted molar refractivity (Wildman–Crippen MR) is 84.1 cm³/mol. The molecule has 6 nitrogen and oxygen atoms in total. The van der Waals surface area contributed by atoms with Gasteiger partial charge in [-0.05, 0) is 30.9 Å². The Balaban J connectivity index is 1.74. The topological polar surface area (TPSA) is 61.9 Å². The molecule has 3 rings (SSSR count). The second kappa shape index (κ2) is 6.25. The quantitative estimate of drug-likeness (QED) is 0.913. The highest BCUT2D eigenvalue weighted by atomic mass is 16.6. The van der Waals surface area contributed by atoms with Gasteiger partial charge in [0.1, 0.15) is 6.61 Å². The molecule has 2 aliphatic heterocycles. The monoisotopic (exact) mass is 303 g/mol. The lowest BCUT2D eigenvalue weighted by atomic mass is 10.0. The summed E-state index contributed by atoms with van der Waals surface area (Å²) in [4.78, 5) is 27.6. The number of nitrogens with one attached hydrogen (secondary N) is 1. The molecular formula is C16H21N3O3. The first-order valence-electron chi connectivity index (χ1n) is 7.74. The van der Waals surface area contributed by atoms with Crippen molar-refractivity contribution in [1.82, 2.24) is 4.90 Å². The van der Waals surface area contributed by atoms with Gasteiger partial charge < -0.3 is 15.0 Å². The van der Waals surface area contributed by atoms with Gasteiger partial charge in [0.05, 0.1) is 17.9 Å². The number of benzene rings is 1. The number of amides is 3. The van der Waals surface area contributed by atoms with Gasteiger partial charge in [-0.25, -0.2) is 9.59 Å². The Bertz CT molecular complexity index is 576. The summed E-state index contributed by atoms with van der Waals surface area (Å²) in [5, 5.41) is 2.94. The lowest BCUT2D eigenvalue weighted by Crippen LogP contribution is -2.41. The zero-order chi connectivity index (χ0) is 15.5. The van der Waals surface area contributed by atoms with Gasteiger partial charge >= 0.3 is 12.1 Å². The van der Waals surface area contributed by atoms with Crippen LogP contribution in [0.25, 0.3) is 0 Å². The van der Waals surface area contributed by atoms with E-state index in [1.54, 1.807) is 4.90 Å². The molecule has 1 atom stereocenters. The van der Waals surface area contributed by atoms with E-state index in [1.165, 1.54) is 6.42 Å². The van der Waals surface area contributed by atoms with Crippen LogP contribution in [0.3, 0.4) is 0 Å². The Morgan fingerprint density at radius 3 is 2.86 bits per heavy atom. The maximum Gasteiger partial charge on any atom is 0.414 e. The Hall–Kier alpha value is -2.24. The van der Waals surface area contributed by atoms with Crippen LogP contribution in [-0.2, 0) is 4.74 Å². The van der Waals surface area contributed by atoms with Crippen LogP contribution < -0.4 is 10.2 Å². The van der Waals surface area contributed by atoms with E-state index in [0.29, 0.717) is 30.4 Å².